The topological polar surface area (TPSA) is 54.4 Å². The molecule has 3 aromatic rings. The van der Waals surface area contributed by atoms with E-state index < -0.39 is 0 Å². The number of hydrogen-bond donors (Lipinski definition) is 0. The molecule has 4 rings (SSSR count). The number of ketones is 1. The number of para-hydroxylation sites is 1. The number of Topliss-reactive ketones (excluding diaryl/α,β-unsaturated/α-hetero) is 1. The highest BCUT2D eigenvalue weighted by molar-refractivity contribution is 6.38. The van der Waals surface area contributed by atoms with Crippen molar-refractivity contribution in [2.45, 2.75) is 46.0 Å². The highest BCUT2D eigenvalue weighted by Gasteiger charge is 2.43. The number of rotatable bonds is 7. The Morgan fingerprint density at radius 1 is 0.972 bits per heavy atom. The molecule has 1 atom stereocenters. The van der Waals surface area contributed by atoms with Gasteiger partial charge in [-0.3, -0.25) is 4.79 Å². The first-order valence-corrected chi connectivity index (χ1v) is 12.3. The number of halogens is 2. The number of carbonyl (C=O) groups is 1. The second kappa shape index (κ2) is 10.4. The average Bonchev–Trinajstić information content (AvgIpc) is 3.26. The van der Waals surface area contributed by atoms with Crippen molar-refractivity contribution < 1.29 is 14.3 Å². The summed E-state index contributed by atoms with van der Waals surface area (Å²) >= 11 is 12.6. The minimum atomic E-state index is -0.387. The van der Waals surface area contributed by atoms with E-state index in [2.05, 4.69) is 20.8 Å². The molecule has 0 aliphatic carbocycles. The van der Waals surface area contributed by atoms with Gasteiger partial charge < -0.3 is 14.4 Å². The fraction of sp³-hybridized carbons (Fsp3) is 0.286. The first-order valence-electron chi connectivity index (χ1n) is 11.6. The van der Waals surface area contributed by atoms with Gasteiger partial charge in [-0.1, -0.05) is 53.5 Å². The Morgan fingerprint density at radius 3 is 2.22 bits per heavy atom. The van der Waals surface area contributed by atoms with Crippen LogP contribution in [0, 0.1) is 0 Å². The van der Waals surface area contributed by atoms with E-state index in [9.17, 15) is 4.79 Å². The summed E-state index contributed by atoms with van der Waals surface area (Å²) in [4.78, 5) is 14.7. The number of methoxy groups -OCH3 is 1. The molecule has 1 heterocycles. The molecule has 6 nitrogen and oxygen atoms in total. The third-order valence-corrected chi connectivity index (χ3v) is 6.59. The van der Waals surface area contributed by atoms with E-state index in [1.807, 2.05) is 58.4 Å². The minimum absolute atomic E-state index is 0.100. The second-order valence-electron chi connectivity index (χ2n) is 9.47. The molecule has 1 aliphatic heterocycles. The Balaban J connectivity index is 1.73. The molecule has 0 bridgehead atoms. The monoisotopic (exact) mass is 525 g/mol. The van der Waals surface area contributed by atoms with E-state index in [1.54, 1.807) is 32.2 Å². The van der Waals surface area contributed by atoms with Crippen molar-refractivity contribution in [2.75, 3.05) is 12.1 Å². The van der Waals surface area contributed by atoms with Crippen molar-refractivity contribution in [3.05, 3.63) is 87.9 Å². The molecule has 0 saturated heterocycles. The van der Waals surface area contributed by atoms with E-state index in [0.717, 1.165) is 11.3 Å². The van der Waals surface area contributed by atoms with Gasteiger partial charge in [-0.25, -0.2) is 5.01 Å². The maximum absolute atomic E-state index is 12.6. The van der Waals surface area contributed by atoms with Gasteiger partial charge >= 0.3 is 0 Å². The van der Waals surface area contributed by atoms with E-state index in [4.69, 9.17) is 37.8 Å². The number of amidine groups is 1. The lowest BCUT2D eigenvalue weighted by atomic mass is 10.0. The molecule has 36 heavy (non-hydrogen) atoms. The normalized spacial score (nSPS) is 15.6. The standard InChI is InChI=1S/C28H29Cl2N3O3/c1-18(34)26-31-33(20-10-7-6-8-11-20)27(32(26)28(2,3)4)19-14-15-24(25(16-19)35-5)36-17-21-22(29)12-9-13-23(21)30/h6-16,27H,17H2,1-5H3/t27-/m1/s1. The zero-order chi connectivity index (χ0) is 26.0. The molecule has 0 aromatic heterocycles. The lowest BCUT2D eigenvalue weighted by Gasteiger charge is -2.40. The van der Waals surface area contributed by atoms with Crippen LogP contribution in [0.4, 0.5) is 5.69 Å². The highest BCUT2D eigenvalue weighted by Crippen LogP contribution is 2.42. The molecular weight excluding hydrogens is 497 g/mol. The number of carbonyl (C=O) groups excluding carboxylic acids is 1. The van der Waals surface area contributed by atoms with Gasteiger partial charge in [0.2, 0.25) is 0 Å². The number of ether oxygens (including phenoxy) is 2. The molecule has 0 amide bonds. The SMILES string of the molecule is COc1cc([C@H]2N(c3ccccc3)N=C(C(C)=O)N2C(C)(C)C)ccc1OCc1c(Cl)cccc1Cl. The maximum Gasteiger partial charge on any atom is 0.196 e. The summed E-state index contributed by atoms with van der Waals surface area (Å²) in [5.74, 6) is 1.41. The molecule has 1 aliphatic rings. The van der Waals surface area contributed by atoms with Gasteiger partial charge in [-0.05, 0) is 57.2 Å². The molecule has 0 radical (unpaired) electrons. The largest absolute Gasteiger partial charge is 0.493 e. The Bertz CT molecular complexity index is 1270. The summed E-state index contributed by atoms with van der Waals surface area (Å²) in [7, 11) is 1.59. The molecule has 0 fully saturated rings. The molecule has 188 valence electrons. The number of anilines is 1. The van der Waals surface area contributed by atoms with Crippen molar-refractivity contribution in [1.82, 2.24) is 4.90 Å². The van der Waals surface area contributed by atoms with Crippen molar-refractivity contribution in [3.63, 3.8) is 0 Å². The number of benzene rings is 3. The first-order chi connectivity index (χ1) is 17.1. The van der Waals surface area contributed by atoms with Gasteiger partial charge in [-0.2, -0.15) is 0 Å². The Hall–Kier alpha value is -3.22. The summed E-state index contributed by atoms with van der Waals surface area (Å²) in [6, 6.07) is 20.9. The van der Waals surface area contributed by atoms with Crippen molar-refractivity contribution >= 4 is 40.5 Å². The highest BCUT2D eigenvalue weighted by atomic mass is 35.5. The van der Waals surface area contributed by atoms with Crippen LogP contribution in [0.5, 0.6) is 11.5 Å². The van der Waals surface area contributed by atoms with Gasteiger partial charge in [-0.15, -0.1) is 5.10 Å². The lowest BCUT2D eigenvalue weighted by Crippen LogP contribution is -2.49. The van der Waals surface area contributed by atoms with Gasteiger partial charge in [0.1, 0.15) is 6.61 Å². The number of hydrazone groups is 1. The molecule has 0 spiro atoms. The Morgan fingerprint density at radius 2 is 1.64 bits per heavy atom. The zero-order valence-electron chi connectivity index (χ0n) is 21.0. The van der Waals surface area contributed by atoms with Gasteiger partial charge in [0.15, 0.2) is 29.3 Å². The summed E-state index contributed by atoms with van der Waals surface area (Å²) in [5, 5.41) is 7.72. The van der Waals surface area contributed by atoms with Crippen molar-refractivity contribution in [3.8, 4) is 11.5 Å². The minimum Gasteiger partial charge on any atom is -0.493 e. The molecule has 8 heteroatoms. The fourth-order valence-electron chi connectivity index (χ4n) is 4.21. The van der Waals surface area contributed by atoms with Crippen LogP contribution < -0.4 is 14.5 Å². The molecule has 0 saturated carbocycles. The molecule has 0 unspecified atom stereocenters. The van der Waals surface area contributed by atoms with Crippen LogP contribution in [0.15, 0.2) is 71.8 Å². The van der Waals surface area contributed by atoms with Crippen LogP contribution in [0.2, 0.25) is 10.0 Å². The average molecular weight is 526 g/mol. The lowest BCUT2D eigenvalue weighted by molar-refractivity contribution is -0.112. The van der Waals surface area contributed by atoms with E-state index >= 15 is 0 Å². The van der Waals surface area contributed by atoms with Crippen molar-refractivity contribution in [2.24, 2.45) is 5.10 Å². The number of hydrogen-bond acceptors (Lipinski definition) is 6. The van der Waals surface area contributed by atoms with E-state index in [-0.39, 0.29) is 24.1 Å². The Labute approximate surface area is 222 Å². The third kappa shape index (κ3) is 5.15. The Kier molecular flexibility index (Phi) is 7.48. The van der Waals surface area contributed by atoms with Crippen LogP contribution in [0.1, 0.15) is 45.0 Å². The smallest absolute Gasteiger partial charge is 0.196 e. The predicted molar refractivity (Wildman–Crippen MR) is 145 cm³/mol. The van der Waals surface area contributed by atoms with E-state index in [0.29, 0.717) is 32.9 Å². The second-order valence-corrected chi connectivity index (χ2v) is 10.3. The number of nitrogens with zero attached hydrogens (tertiary/aromatic N) is 3. The van der Waals surface area contributed by atoms with Crippen molar-refractivity contribution in [1.29, 1.82) is 0 Å². The molecular formula is C28H29Cl2N3O3. The summed E-state index contributed by atoms with van der Waals surface area (Å²) < 4.78 is 11.8. The third-order valence-electron chi connectivity index (χ3n) is 5.88. The van der Waals surface area contributed by atoms with Gasteiger partial charge in [0, 0.05) is 33.6 Å². The van der Waals surface area contributed by atoms with Crippen LogP contribution in [0.3, 0.4) is 0 Å². The quantitative estimate of drug-likeness (QED) is 0.329. The summed E-state index contributed by atoms with van der Waals surface area (Å²) in [6.07, 6.45) is -0.368. The summed E-state index contributed by atoms with van der Waals surface area (Å²) in [5.41, 5.74) is 2.09. The van der Waals surface area contributed by atoms with Gasteiger partial charge in [0.25, 0.3) is 0 Å². The maximum atomic E-state index is 12.6. The van der Waals surface area contributed by atoms with Crippen LogP contribution >= 0.6 is 23.2 Å². The molecule has 0 N–H and O–H groups in total. The van der Waals surface area contributed by atoms with Gasteiger partial charge in [0.05, 0.1) is 12.8 Å². The fourth-order valence-corrected chi connectivity index (χ4v) is 4.72. The predicted octanol–water partition coefficient (Wildman–Crippen LogP) is 7.10. The van der Waals surface area contributed by atoms with Crippen LogP contribution in [0.25, 0.3) is 0 Å². The van der Waals surface area contributed by atoms with Crippen LogP contribution in [-0.4, -0.2) is 29.2 Å². The van der Waals surface area contributed by atoms with E-state index in [1.165, 1.54) is 0 Å². The zero-order valence-corrected chi connectivity index (χ0v) is 22.5. The molecule has 3 aromatic carbocycles. The summed E-state index contributed by atoms with van der Waals surface area (Å²) in [6.45, 7) is 7.93. The first kappa shape index (κ1) is 25.9. The van der Waals surface area contributed by atoms with Crippen LogP contribution in [-0.2, 0) is 11.4 Å².